The van der Waals surface area contributed by atoms with Crippen LogP contribution in [0.1, 0.15) is 61.8 Å². The molecule has 2 aromatic rings. The Balaban J connectivity index is 1.69. The lowest BCUT2D eigenvalue weighted by Gasteiger charge is -2.39. The monoisotopic (exact) mass is 471 g/mol. The van der Waals surface area contributed by atoms with Crippen LogP contribution in [0.2, 0.25) is 0 Å². The molecule has 0 saturated carbocycles. The van der Waals surface area contributed by atoms with Gasteiger partial charge in [-0.25, -0.2) is 8.42 Å². The molecular weight excluding hydrogens is 434 g/mol. The average molecular weight is 472 g/mol. The zero-order valence-electron chi connectivity index (χ0n) is 20.7. The Bertz CT molecular complexity index is 1120. The predicted molar refractivity (Wildman–Crippen MR) is 136 cm³/mol. The van der Waals surface area contributed by atoms with E-state index in [2.05, 4.69) is 53.9 Å². The summed E-state index contributed by atoms with van der Waals surface area (Å²) in [4.78, 5) is 15.4. The van der Waals surface area contributed by atoms with Gasteiger partial charge in [-0.1, -0.05) is 38.1 Å². The number of aryl methyl sites for hydroxylation is 2. The molecule has 1 atom stereocenters. The molecule has 2 aromatic carbocycles. The summed E-state index contributed by atoms with van der Waals surface area (Å²) in [6, 6.07) is 11.8. The van der Waals surface area contributed by atoms with Gasteiger partial charge in [-0.2, -0.15) is 0 Å². The fraction of sp³-hybridized carbons (Fsp3) is 0.500. The Kier molecular flexibility index (Phi) is 7.42. The minimum atomic E-state index is -3.34. The van der Waals surface area contributed by atoms with Crippen molar-refractivity contribution in [2.24, 2.45) is 5.41 Å². The molecule has 0 bridgehead atoms. The molecule has 0 aromatic heterocycles. The molecule has 0 aliphatic carbocycles. The van der Waals surface area contributed by atoms with Crippen molar-refractivity contribution in [2.45, 2.75) is 59.9 Å². The molecule has 2 N–H and O–H groups in total. The van der Waals surface area contributed by atoms with Gasteiger partial charge in [0.05, 0.1) is 17.9 Å². The number of carbonyl (C=O) groups excluding carboxylic acids is 1. The van der Waals surface area contributed by atoms with E-state index in [1.54, 1.807) is 12.1 Å². The highest BCUT2D eigenvalue weighted by Gasteiger charge is 2.26. The van der Waals surface area contributed by atoms with Gasteiger partial charge in [-0.3, -0.25) is 9.52 Å². The van der Waals surface area contributed by atoms with Gasteiger partial charge in [0.2, 0.25) is 15.9 Å². The van der Waals surface area contributed by atoms with Gasteiger partial charge in [-0.15, -0.1) is 0 Å². The van der Waals surface area contributed by atoms with E-state index >= 15 is 0 Å². The lowest BCUT2D eigenvalue weighted by atomic mass is 9.82. The smallest absolute Gasteiger partial charge is 0.229 e. The second-order valence-corrected chi connectivity index (χ2v) is 11.9. The predicted octanol–water partition coefficient (Wildman–Crippen LogP) is 4.72. The van der Waals surface area contributed by atoms with Crippen molar-refractivity contribution >= 4 is 27.3 Å². The summed E-state index contributed by atoms with van der Waals surface area (Å²) in [7, 11) is -3.34. The number of benzene rings is 2. The number of amides is 1. The number of hydrogen-bond acceptors (Lipinski definition) is 4. The number of rotatable bonds is 7. The highest BCUT2D eigenvalue weighted by molar-refractivity contribution is 7.92. The van der Waals surface area contributed by atoms with Crippen molar-refractivity contribution < 1.29 is 13.2 Å². The van der Waals surface area contributed by atoms with Crippen LogP contribution in [-0.2, 0) is 21.4 Å². The molecule has 1 saturated heterocycles. The van der Waals surface area contributed by atoms with Crippen molar-refractivity contribution in [1.29, 1.82) is 0 Å². The molecule has 1 unspecified atom stereocenters. The molecule has 1 heterocycles. The highest BCUT2D eigenvalue weighted by atomic mass is 32.2. The summed E-state index contributed by atoms with van der Waals surface area (Å²) in [6.07, 6.45) is 3.45. The van der Waals surface area contributed by atoms with Crippen LogP contribution < -0.4 is 14.9 Å². The van der Waals surface area contributed by atoms with Crippen molar-refractivity contribution in [3.8, 4) is 0 Å². The van der Waals surface area contributed by atoms with E-state index in [9.17, 15) is 13.2 Å². The highest BCUT2D eigenvalue weighted by Crippen LogP contribution is 2.34. The maximum atomic E-state index is 12.9. The Morgan fingerprint density at radius 2 is 1.76 bits per heavy atom. The van der Waals surface area contributed by atoms with Crippen LogP contribution >= 0.6 is 0 Å². The average Bonchev–Trinajstić information content (AvgIpc) is 2.72. The lowest BCUT2D eigenvalue weighted by molar-refractivity contribution is -0.122. The molecule has 1 amide bonds. The molecule has 6 nitrogen and oxygen atoms in total. The van der Waals surface area contributed by atoms with Crippen LogP contribution in [-0.4, -0.2) is 33.7 Å². The quantitative estimate of drug-likeness (QED) is 0.612. The van der Waals surface area contributed by atoms with Gasteiger partial charge in [0.15, 0.2) is 0 Å². The maximum absolute atomic E-state index is 12.9. The van der Waals surface area contributed by atoms with Crippen LogP contribution in [0.4, 0.5) is 11.4 Å². The van der Waals surface area contributed by atoms with E-state index in [-0.39, 0.29) is 11.8 Å². The number of anilines is 2. The van der Waals surface area contributed by atoms with Crippen LogP contribution in [0.25, 0.3) is 0 Å². The van der Waals surface area contributed by atoms with Gasteiger partial charge in [0, 0.05) is 25.3 Å². The number of nitrogens with one attached hydrogen (secondary N) is 2. The van der Waals surface area contributed by atoms with Crippen molar-refractivity contribution in [3.05, 3.63) is 58.7 Å². The first-order valence-corrected chi connectivity index (χ1v) is 13.4. The van der Waals surface area contributed by atoms with Crippen LogP contribution in [0, 0.1) is 19.3 Å². The molecule has 0 radical (unpaired) electrons. The Morgan fingerprint density at radius 1 is 1.09 bits per heavy atom. The maximum Gasteiger partial charge on any atom is 0.229 e. The summed E-state index contributed by atoms with van der Waals surface area (Å²) in [5, 5.41) is 3.11. The largest absolute Gasteiger partial charge is 0.371 e. The van der Waals surface area contributed by atoms with Crippen LogP contribution in [0.15, 0.2) is 36.4 Å². The van der Waals surface area contributed by atoms with E-state index in [0.717, 1.165) is 48.9 Å². The van der Waals surface area contributed by atoms with Gasteiger partial charge in [0.1, 0.15) is 0 Å². The van der Waals surface area contributed by atoms with Gasteiger partial charge >= 0.3 is 0 Å². The molecule has 33 heavy (non-hydrogen) atoms. The molecule has 180 valence electrons. The third kappa shape index (κ3) is 6.73. The second kappa shape index (κ2) is 9.75. The molecule has 7 heteroatoms. The van der Waals surface area contributed by atoms with Crippen molar-refractivity contribution in [2.75, 3.05) is 29.0 Å². The number of piperidine rings is 1. The zero-order valence-corrected chi connectivity index (χ0v) is 21.5. The summed E-state index contributed by atoms with van der Waals surface area (Å²) in [5.41, 5.74) is 6.11. The van der Waals surface area contributed by atoms with E-state index in [1.165, 1.54) is 11.3 Å². The first kappa shape index (κ1) is 25.1. The van der Waals surface area contributed by atoms with Crippen molar-refractivity contribution in [1.82, 2.24) is 5.32 Å². The normalized spacial score (nSPS) is 16.8. The number of carbonyl (C=O) groups is 1. The minimum Gasteiger partial charge on any atom is -0.371 e. The number of nitrogens with zero attached hydrogens (tertiary/aromatic N) is 1. The Hall–Kier alpha value is -2.54. The first-order chi connectivity index (χ1) is 15.3. The van der Waals surface area contributed by atoms with Crippen LogP contribution in [0.3, 0.4) is 0 Å². The lowest BCUT2D eigenvalue weighted by Crippen LogP contribution is -2.38. The molecule has 3 rings (SSSR count). The Labute approximate surface area is 198 Å². The Morgan fingerprint density at radius 3 is 2.36 bits per heavy atom. The van der Waals surface area contributed by atoms with E-state index in [0.29, 0.717) is 17.6 Å². The van der Waals surface area contributed by atoms with Crippen molar-refractivity contribution in [3.63, 3.8) is 0 Å². The topological polar surface area (TPSA) is 78.5 Å². The first-order valence-electron chi connectivity index (χ1n) is 11.6. The minimum absolute atomic E-state index is 0.0514. The molecule has 0 spiro atoms. The summed E-state index contributed by atoms with van der Waals surface area (Å²) in [5.74, 6) is -0.398. The third-order valence-corrected chi connectivity index (χ3v) is 7.18. The summed E-state index contributed by atoms with van der Waals surface area (Å²) < 4.78 is 25.5. The van der Waals surface area contributed by atoms with Gasteiger partial charge in [-0.05, 0) is 73.4 Å². The standard InChI is InChI=1S/C26H37N3O3S/c1-18-7-8-22(24(15-18)29-13-11-26(4,5)12-14-29)17-27-25(30)20(3)21-9-10-23(19(2)16-21)28-33(6,31)32/h7-10,15-16,20,28H,11-14,17H2,1-6H3,(H,27,30). The molecular formula is C26H37N3O3S. The van der Waals surface area contributed by atoms with Gasteiger partial charge in [0.25, 0.3) is 0 Å². The molecule has 1 fully saturated rings. The molecule has 1 aliphatic heterocycles. The molecule has 1 aliphatic rings. The van der Waals surface area contributed by atoms with Gasteiger partial charge < -0.3 is 10.2 Å². The third-order valence-electron chi connectivity index (χ3n) is 6.59. The number of sulfonamides is 1. The van der Waals surface area contributed by atoms with E-state index in [4.69, 9.17) is 0 Å². The SMILES string of the molecule is Cc1ccc(CNC(=O)C(C)c2ccc(NS(C)(=O)=O)c(C)c2)c(N2CCC(C)(C)CC2)c1. The zero-order chi connectivity index (χ0) is 24.4. The summed E-state index contributed by atoms with van der Waals surface area (Å²) >= 11 is 0. The second-order valence-electron chi connectivity index (χ2n) is 10.2. The number of hydrogen-bond donors (Lipinski definition) is 2. The van der Waals surface area contributed by atoms with E-state index in [1.807, 2.05) is 19.9 Å². The fourth-order valence-electron chi connectivity index (χ4n) is 4.23. The van der Waals surface area contributed by atoms with E-state index < -0.39 is 10.0 Å². The summed E-state index contributed by atoms with van der Waals surface area (Å²) in [6.45, 7) is 13.0. The van der Waals surface area contributed by atoms with Crippen LogP contribution in [0.5, 0.6) is 0 Å². The fourth-order valence-corrected chi connectivity index (χ4v) is 4.86.